The van der Waals surface area contributed by atoms with Crippen LogP contribution in [0.2, 0.25) is 5.02 Å². The molecule has 0 radical (unpaired) electrons. The third kappa shape index (κ3) is 5.88. The van der Waals surface area contributed by atoms with Gasteiger partial charge in [-0.1, -0.05) is 69.3 Å². The molecule has 1 nitrogen and oxygen atoms in total. The molecule has 0 aromatic heterocycles. The highest BCUT2D eigenvalue weighted by atomic mass is 35.5. The van der Waals surface area contributed by atoms with E-state index in [1.807, 2.05) is 12.1 Å². The van der Waals surface area contributed by atoms with Crippen molar-refractivity contribution in [2.45, 2.75) is 58.4 Å². The van der Waals surface area contributed by atoms with E-state index in [2.05, 4.69) is 31.3 Å². The average Bonchev–Trinajstić information content (AvgIpc) is 2.37. The summed E-state index contributed by atoms with van der Waals surface area (Å²) in [5.74, 6) is 0. The highest BCUT2D eigenvalue weighted by Crippen LogP contribution is 2.18. The van der Waals surface area contributed by atoms with E-state index < -0.39 is 0 Å². The van der Waals surface area contributed by atoms with Crippen molar-refractivity contribution in [3.05, 3.63) is 34.9 Å². The molecule has 102 valence electrons. The van der Waals surface area contributed by atoms with E-state index in [0.717, 1.165) is 18.0 Å². The van der Waals surface area contributed by atoms with Gasteiger partial charge in [0.15, 0.2) is 0 Å². The summed E-state index contributed by atoms with van der Waals surface area (Å²) in [6.45, 7) is 5.46. The predicted molar refractivity (Wildman–Crippen MR) is 81.4 cm³/mol. The lowest BCUT2D eigenvalue weighted by Crippen LogP contribution is -2.31. The Morgan fingerprint density at radius 2 is 1.89 bits per heavy atom. The number of unbranched alkanes of at least 4 members (excludes halogenated alkanes) is 3. The molecule has 0 bridgehead atoms. The smallest absolute Gasteiger partial charge is 0.0438 e. The molecule has 1 N–H and O–H groups in total. The minimum absolute atomic E-state index is 0.562. The van der Waals surface area contributed by atoms with Crippen LogP contribution in [0.25, 0.3) is 0 Å². The Labute approximate surface area is 117 Å². The van der Waals surface area contributed by atoms with Gasteiger partial charge in [-0.15, -0.1) is 0 Å². The summed E-state index contributed by atoms with van der Waals surface area (Å²) in [5, 5.41) is 4.47. The Balaban J connectivity index is 2.44. The van der Waals surface area contributed by atoms with Crippen molar-refractivity contribution in [1.29, 1.82) is 0 Å². The van der Waals surface area contributed by atoms with Crippen LogP contribution in [0.5, 0.6) is 0 Å². The number of hydrogen-bond acceptors (Lipinski definition) is 1. The zero-order chi connectivity index (χ0) is 13.2. The van der Waals surface area contributed by atoms with Crippen LogP contribution >= 0.6 is 11.6 Å². The number of likely N-dealkylation sites (N-methyl/N-ethyl adjacent to an activating group) is 1. The molecule has 1 unspecified atom stereocenters. The molecule has 0 heterocycles. The van der Waals surface area contributed by atoms with E-state index in [1.54, 1.807) is 0 Å². The van der Waals surface area contributed by atoms with Gasteiger partial charge in [0.2, 0.25) is 0 Å². The Bertz CT molecular complexity index is 325. The van der Waals surface area contributed by atoms with Crippen LogP contribution in [0.15, 0.2) is 24.3 Å². The Morgan fingerprint density at radius 3 is 2.56 bits per heavy atom. The first-order chi connectivity index (χ1) is 8.77. The summed E-state index contributed by atoms with van der Waals surface area (Å²) in [6, 6.07) is 8.75. The van der Waals surface area contributed by atoms with Crippen molar-refractivity contribution in [2.75, 3.05) is 6.54 Å². The molecule has 0 aliphatic rings. The van der Waals surface area contributed by atoms with Crippen molar-refractivity contribution < 1.29 is 0 Å². The van der Waals surface area contributed by atoms with E-state index >= 15 is 0 Å². The van der Waals surface area contributed by atoms with Crippen molar-refractivity contribution >= 4 is 11.6 Å². The van der Waals surface area contributed by atoms with Crippen LogP contribution in [0, 0.1) is 0 Å². The van der Waals surface area contributed by atoms with E-state index in [9.17, 15) is 0 Å². The van der Waals surface area contributed by atoms with Gasteiger partial charge in [-0.3, -0.25) is 0 Å². The number of nitrogens with one attached hydrogen (secondary N) is 1. The van der Waals surface area contributed by atoms with E-state index in [1.165, 1.54) is 37.7 Å². The fraction of sp³-hybridized carbons (Fsp3) is 0.625. The SMILES string of the molecule is CCCCCCC(Cc1ccccc1Cl)NCC. The van der Waals surface area contributed by atoms with Gasteiger partial charge in [0.25, 0.3) is 0 Å². The molecule has 0 amide bonds. The molecule has 2 heteroatoms. The summed E-state index contributed by atoms with van der Waals surface area (Å²) >= 11 is 6.22. The fourth-order valence-electron chi connectivity index (χ4n) is 2.31. The first kappa shape index (κ1) is 15.5. The molecule has 1 atom stereocenters. The normalized spacial score (nSPS) is 12.6. The number of rotatable bonds is 9. The van der Waals surface area contributed by atoms with Crippen LogP contribution in [-0.4, -0.2) is 12.6 Å². The maximum atomic E-state index is 6.22. The summed E-state index contributed by atoms with van der Waals surface area (Å²) in [4.78, 5) is 0. The predicted octanol–water partition coefficient (Wildman–Crippen LogP) is 4.83. The summed E-state index contributed by atoms with van der Waals surface area (Å²) in [7, 11) is 0. The van der Waals surface area contributed by atoms with Gasteiger partial charge in [-0.05, 0) is 31.0 Å². The molecule has 0 spiro atoms. The fourth-order valence-corrected chi connectivity index (χ4v) is 2.52. The number of hydrogen-bond donors (Lipinski definition) is 1. The van der Waals surface area contributed by atoms with E-state index in [4.69, 9.17) is 11.6 Å². The van der Waals surface area contributed by atoms with Crippen LogP contribution in [0.4, 0.5) is 0 Å². The molecule has 0 aliphatic carbocycles. The number of halogens is 1. The topological polar surface area (TPSA) is 12.0 Å². The second-order valence-corrected chi connectivity index (χ2v) is 5.31. The van der Waals surface area contributed by atoms with Crippen LogP contribution < -0.4 is 5.32 Å². The maximum absolute atomic E-state index is 6.22. The molecule has 0 aliphatic heterocycles. The van der Waals surface area contributed by atoms with Crippen molar-refractivity contribution in [1.82, 2.24) is 5.32 Å². The van der Waals surface area contributed by atoms with Gasteiger partial charge in [0.1, 0.15) is 0 Å². The molecule has 0 saturated heterocycles. The lowest BCUT2D eigenvalue weighted by Gasteiger charge is -2.18. The quantitative estimate of drug-likeness (QED) is 0.632. The maximum Gasteiger partial charge on any atom is 0.0438 e. The molecule has 1 rings (SSSR count). The highest BCUT2D eigenvalue weighted by Gasteiger charge is 2.10. The Hall–Kier alpha value is -0.530. The van der Waals surface area contributed by atoms with Gasteiger partial charge in [0, 0.05) is 11.1 Å². The monoisotopic (exact) mass is 267 g/mol. The Morgan fingerprint density at radius 1 is 1.11 bits per heavy atom. The standard InChI is InChI=1S/C16H26ClN/c1-3-5-6-7-11-15(18-4-2)13-14-10-8-9-12-16(14)17/h8-10,12,15,18H,3-7,11,13H2,1-2H3. The lowest BCUT2D eigenvalue weighted by molar-refractivity contribution is 0.463. The molecular weight excluding hydrogens is 242 g/mol. The summed E-state index contributed by atoms with van der Waals surface area (Å²) in [5.41, 5.74) is 1.26. The molecule has 1 aromatic rings. The first-order valence-electron chi connectivity index (χ1n) is 7.24. The average molecular weight is 268 g/mol. The molecule has 0 saturated carbocycles. The van der Waals surface area contributed by atoms with Gasteiger partial charge in [-0.2, -0.15) is 0 Å². The van der Waals surface area contributed by atoms with Crippen LogP contribution in [-0.2, 0) is 6.42 Å². The molecule has 18 heavy (non-hydrogen) atoms. The highest BCUT2D eigenvalue weighted by molar-refractivity contribution is 6.31. The molecular formula is C16H26ClN. The van der Waals surface area contributed by atoms with Crippen molar-refractivity contribution in [2.24, 2.45) is 0 Å². The molecule has 1 aromatic carbocycles. The first-order valence-corrected chi connectivity index (χ1v) is 7.62. The summed E-state index contributed by atoms with van der Waals surface area (Å²) < 4.78 is 0. The van der Waals surface area contributed by atoms with Crippen molar-refractivity contribution in [3.63, 3.8) is 0 Å². The largest absolute Gasteiger partial charge is 0.314 e. The second kappa shape index (κ2) is 9.41. The van der Waals surface area contributed by atoms with Gasteiger partial charge in [0.05, 0.1) is 0 Å². The third-order valence-corrected chi connectivity index (χ3v) is 3.69. The van der Waals surface area contributed by atoms with Crippen LogP contribution in [0.1, 0.15) is 51.5 Å². The van der Waals surface area contributed by atoms with Gasteiger partial charge >= 0.3 is 0 Å². The molecule has 0 fully saturated rings. The summed E-state index contributed by atoms with van der Waals surface area (Å²) in [6.07, 6.45) is 7.61. The minimum atomic E-state index is 0.562. The van der Waals surface area contributed by atoms with Gasteiger partial charge in [-0.25, -0.2) is 0 Å². The van der Waals surface area contributed by atoms with Crippen molar-refractivity contribution in [3.8, 4) is 0 Å². The minimum Gasteiger partial charge on any atom is -0.314 e. The second-order valence-electron chi connectivity index (χ2n) is 4.90. The zero-order valence-corrected chi connectivity index (χ0v) is 12.5. The number of benzene rings is 1. The third-order valence-electron chi connectivity index (χ3n) is 3.32. The van der Waals surface area contributed by atoms with Crippen LogP contribution in [0.3, 0.4) is 0 Å². The van der Waals surface area contributed by atoms with Gasteiger partial charge < -0.3 is 5.32 Å². The van der Waals surface area contributed by atoms with E-state index in [0.29, 0.717) is 6.04 Å². The zero-order valence-electron chi connectivity index (χ0n) is 11.7. The Kier molecular flexibility index (Phi) is 8.11. The van der Waals surface area contributed by atoms with E-state index in [-0.39, 0.29) is 0 Å². The lowest BCUT2D eigenvalue weighted by atomic mass is 10.00.